The average molecular weight is 292 g/mol. The van der Waals surface area contributed by atoms with E-state index in [9.17, 15) is 4.79 Å². The van der Waals surface area contributed by atoms with Crippen LogP contribution < -0.4 is 0 Å². The molecule has 0 aliphatic rings. The molecule has 0 aromatic rings. The van der Waals surface area contributed by atoms with Crippen molar-refractivity contribution < 1.29 is 23.2 Å². The van der Waals surface area contributed by atoms with Crippen LogP contribution >= 0.6 is 0 Å². The van der Waals surface area contributed by atoms with Crippen molar-refractivity contribution in [3.05, 3.63) is 0 Å². The van der Waals surface area contributed by atoms with Crippen LogP contribution in [0.2, 0.25) is 6.04 Å². The molecule has 6 heteroatoms. The van der Waals surface area contributed by atoms with E-state index >= 15 is 0 Å². The molecule has 5 nitrogen and oxygen atoms in total. The van der Waals surface area contributed by atoms with E-state index in [4.69, 9.17) is 18.4 Å². The van der Waals surface area contributed by atoms with E-state index < -0.39 is 20.7 Å². The minimum absolute atomic E-state index is 0.0647. The molecule has 114 valence electrons. The second-order valence-electron chi connectivity index (χ2n) is 5.63. The van der Waals surface area contributed by atoms with E-state index in [0.717, 1.165) is 0 Å². The van der Waals surface area contributed by atoms with Crippen LogP contribution in [0.4, 0.5) is 0 Å². The summed E-state index contributed by atoms with van der Waals surface area (Å²) in [6, 6.07) is 0.289. The van der Waals surface area contributed by atoms with Crippen LogP contribution in [0.15, 0.2) is 0 Å². The van der Waals surface area contributed by atoms with Crippen LogP contribution in [0.5, 0.6) is 0 Å². The first-order valence-electron chi connectivity index (χ1n) is 6.84. The Morgan fingerprint density at radius 2 is 1.21 bits per heavy atom. The minimum atomic E-state index is -2.99. The molecular weight excluding hydrogens is 264 g/mol. The summed E-state index contributed by atoms with van der Waals surface area (Å²) in [4.78, 5) is 11.1. The highest BCUT2D eigenvalue weighted by Crippen LogP contribution is 2.26. The molecule has 1 N–H and O–H groups in total. The topological polar surface area (TPSA) is 65.0 Å². The second-order valence-corrected chi connectivity index (χ2v) is 8.11. The fraction of sp³-hybridized carbons (Fsp3) is 0.923. The van der Waals surface area contributed by atoms with Gasteiger partial charge in [0.1, 0.15) is 0 Å². The van der Waals surface area contributed by atoms with Gasteiger partial charge in [-0.1, -0.05) is 6.92 Å². The molecule has 0 amide bonds. The molecule has 0 saturated heterocycles. The van der Waals surface area contributed by atoms with Gasteiger partial charge in [-0.15, -0.1) is 0 Å². The highest BCUT2D eigenvalue weighted by atomic mass is 28.4. The molecule has 0 aromatic heterocycles. The SMILES string of the molecule is CC(C)O[Si](CC(C)C(=O)O)(OC(C)C)OC(C)C. The standard InChI is InChI=1S/C13H28O5Si/c1-9(2)16-19(17-10(3)4,18-11(5)6)8-12(7)13(14)15/h9-12H,8H2,1-7H3,(H,14,15). The summed E-state index contributed by atoms with van der Waals surface area (Å²) in [5.41, 5.74) is 0. The maximum atomic E-state index is 11.1. The van der Waals surface area contributed by atoms with Gasteiger partial charge in [0, 0.05) is 24.4 Å². The Morgan fingerprint density at radius 3 is 1.42 bits per heavy atom. The summed E-state index contributed by atoms with van der Waals surface area (Å²) in [6.07, 6.45) is -0.194. The largest absolute Gasteiger partial charge is 0.502 e. The monoisotopic (exact) mass is 292 g/mol. The zero-order chi connectivity index (χ0) is 15.2. The maximum absolute atomic E-state index is 11.1. The molecule has 0 bridgehead atoms. The molecule has 0 rings (SSSR count). The normalized spacial score (nSPS) is 14.4. The summed E-state index contributed by atoms with van der Waals surface area (Å²) in [5, 5.41) is 9.10. The lowest BCUT2D eigenvalue weighted by molar-refractivity contribution is -0.141. The molecule has 0 fully saturated rings. The Labute approximate surface area is 117 Å². The third-order valence-corrected chi connectivity index (χ3v) is 5.83. The molecule has 0 spiro atoms. The van der Waals surface area contributed by atoms with Gasteiger partial charge in [0.2, 0.25) is 0 Å². The zero-order valence-corrected chi connectivity index (χ0v) is 14.1. The maximum Gasteiger partial charge on any atom is 0.502 e. The van der Waals surface area contributed by atoms with Crippen molar-refractivity contribution in [3.8, 4) is 0 Å². The van der Waals surface area contributed by atoms with Crippen molar-refractivity contribution in [1.82, 2.24) is 0 Å². The molecule has 19 heavy (non-hydrogen) atoms. The van der Waals surface area contributed by atoms with E-state index in [0.29, 0.717) is 0 Å². The van der Waals surface area contributed by atoms with Crippen LogP contribution in [-0.2, 0) is 18.1 Å². The first kappa shape index (κ1) is 18.6. The predicted octanol–water partition coefficient (Wildman–Crippen LogP) is 2.92. The quantitative estimate of drug-likeness (QED) is 0.662. The van der Waals surface area contributed by atoms with Crippen molar-refractivity contribution in [2.24, 2.45) is 5.92 Å². The Balaban J connectivity index is 5.14. The van der Waals surface area contributed by atoms with Crippen molar-refractivity contribution in [1.29, 1.82) is 0 Å². The fourth-order valence-electron chi connectivity index (χ4n) is 1.77. The van der Waals surface area contributed by atoms with E-state index in [2.05, 4.69) is 0 Å². The van der Waals surface area contributed by atoms with Gasteiger partial charge < -0.3 is 18.4 Å². The summed E-state index contributed by atoms with van der Waals surface area (Å²) < 4.78 is 17.7. The van der Waals surface area contributed by atoms with Crippen molar-refractivity contribution in [2.75, 3.05) is 0 Å². The predicted molar refractivity (Wildman–Crippen MR) is 76.0 cm³/mol. The lowest BCUT2D eigenvalue weighted by atomic mass is 10.2. The Morgan fingerprint density at radius 1 is 0.895 bits per heavy atom. The van der Waals surface area contributed by atoms with Crippen molar-refractivity contribution in [2.45, 2.75) is 72.8 Å². The van der Waals surface area contributed by atoms with Gasteiger partial charge in [0.05, 0.1) is 5.92 Å². The number of hydrogen-bond donors (Lipinski definition) is 1. The molecule has 0 heterocycles. The molecular formula is C13H28O5Si. The smallest absolute Gasteiger partial charge is 0.481 e. The summed E-state index contributed by atoms with van der Waals surface area (Å²) in [6.45, 7) is 13.1. The van der Waals surface area contributed by atoms with Crippen LogP contribution in [-0.4, -0.2) is 38.2 Å². The molecule has 1 unspecified atom stereocenters. The molecule has 0 aromatic carbocycles. The number of aliphatic carboxylic acids is 1. The van der Waals surface area contributed by atoms with Crippen LogP contribution in [0, 0.1) is 5.92 Å². The summed E-state index contributed by atoms with van der Waals surface area (Å²) >= 11 is 0. The lowest BCUT2D eigenvalue weighted by Crippen LogP contribution is -2.52. The number of carboxylic acids is 1. The Bertz CT molecular complexity index is 252. The van der Waals surface area contributed by atoms with E-state index in [1.54, 1.807) is 6.92 Å². The third kappa shape index (κ3) is 7.66. The van der Waals surface area contributed by atoms with Crippen molar-refractivity contribution >= 4 is 14.8 Å². The van der Waals surface area contributed by atoms with Gasteiger partial charge in [-0.25, -0.2) is 0 Å². The Hall–Kier alpha value is -0.433. The van der Waals surface area contributed by atoms with Crippen LogP contribution in [0.25, 0.3) is 0 Å². The first-order valence-corrected chi connectivity index (χ1v) is 8.77. The number of hydrogen-bond acceptors (Lipinski definition) is 4. The third-order valence-electron chi connectivity index (χ3n) is 2.22. The molecule has 0 saturated carbocycles. The van der Waals surface area contributed by atoms with Crippen molar-refractivity contribution in [3.63, 3.8) is 0 Å². The average Bonchev–Trinajstić information content (AvgIpc) is 2.12. The van der Waals surface area contributed by atoms with Gasteiger partial charge in [-0.05, 0) is 41.5 Å². The Kier molecular flexibility index (Phi) is 7.81. The second kappa shape index (κ2) is 7.99. The first-order chi connectivity index (χ1) is 8.58. The molecule has 0 radical (unpaired) electrons. The highest BCUT2D eigenvalue weighted by molar-refractivity contribution is 6.61. The van der Waals surface area contributed by atoms with Crippen LogP contribution in [0.3, 0.4) is 0 Å². The van der Waals surface area contributed by atoms with Crippen LogP contribution in [0.1, 0.15) is 48.5 Å². The van der Waals surface area contributed by atoms with Gasteiger partial charge >= 0.3 is 14.8 Å². The van der Waals surface area contributed by atoms with Gasteiger partial charge in [-0.2, -0.15) is 0 Å². The fourth-order valence-corrected chi connectivity index (χ4v) is 5.30. The van der Waals surface area contributed by atoms with Gasteiger partial charge in [0.25, 0.3) is 0 Å². The van der Waals surface area contributed by atoms with E-state index in [1.807, 2.05) is 41.5 Å². The molecule has 0 aliphatic heterocycles. The van der Waals surface area contributed by atoms with E-state index in [-0.39, 0.29) is 24.4 Å². The number of rotatable bonds is 9. The minimum Gasteiger partial charge on any atom is -0.481 e. The molecule has 1 atom stereocenters. The number of carboxylic acid groups (broad SMARTS) is 1. The lowest BCUT2D eigenvalue weighted by Gasteiger charge is -2.35. The molecule has 0 aliphatic carbocycles. The highest BCUT2D eigenvalue weighted by Gasteiger charge is 2.46. The zero-order valence-electron chi connectivity index (χ0n) is 13.1. The number of carbonyl (C=O) groups is 1. The van der Waals surface area contributed by atoms with Gasteiger partial charge in [0.15, 0.2) is 0 Å². The summed E-state index contributed by atoms with van der Waals surface area (Å²) in [5.74, 6) is -1.41. The van der Waals surface area contributed by atoms with Gasteiger partial charge in [-0.3, -0.25) is 4.79 Å². The van der Waals surface area contributed by atoms with E-state index in [1.165, 1.54) is 0 Å². The summed E-state index contributed by atoms with van der Waals surface area (Å²) in [7, 11) is -2.99.